The zero-order chi connectivity index (χ0) is 23.5. The van der Waals surface area contributed by atoms with Gasteiger partial charge in [0.05, 0.1) is 19.2 Å². The third-order valence-corrected chi connectivity index (χ3v) is 6.62. The van der Waals surface area contributed by atoms with E-state index in [9.17, 15) is 4.79 Å². The van der Waals surface area contributed by atoms with Gasteiger partial charge in [0.25, 0.3) is 0 Å². The third-order valence-electron chi connectivity index (χ3n) is 5.61. The fourth-order valence-corrected chi connectivity index (χ4v) is 4.87. The van der Waals surface area contributed by atoms with E-state index in [1.54, 1.807) is 19.0 Å². The molecule has 1 aliphatic rings. The first-order valence-corrected chi connectivity index (χ1v) is 11.8. The molecule has 2 aromatic carbocycles. The van der Waals surface area contributed by atoms with Crippen LogP contribution < -0.4 is 10.1 Å². The molecule has 0 spiro atoms. The molecule has 0 bridgehead atoms. The Hall–Kier alpha value is -3.28. The minimum Gasteiger partial charge on any atom is -0.502 e. The molecule has 0 saturated carbocycles. The van der Waals surface area contributed by atoms with Gasteiger partial charge in [-0.25, -0.2) is 4.85 Å². The number of carbonyl (C=O) groups is 1. The van der Waals surface area contributed by atoms with Gasteiger partial charge in [-0.1, -0.05) is 35.6 Å². The van der Waals surface area contributed by atoms with Crippen LogP contribution in [0.4, 0.5) is 5.69 Å². The Balaban J connectivity index is 1.58. The Bertz CT molecular complexity index is 1210. The highest BCUT2D eigenvalue weighted by Gasteiger charge is 2.26. The number of hydrogen-bond donors (Lipinski definition) is 1. The van der Waals surface area contributed by atoms with Gasteiger partial charge in [-0.05, 0) is 49.9 Å². The molecular formula is C25H27N5O2S. The summed E-state index contributed by atoms with van der Waals surface area (Å²) in [4.78, 5) is 17.2. The number of nitrogens with zero attached hydrogens (tertiary/aromatic N) is 4. The van der Waals surface area contributed by atoms with Crippen molar-refractivity contribution in [3.63, 3.8) is 0 Å². The first kappa shape index (κ1) is 22.9. The largest absolute Gasteiger partial charge is 0.502 e. The molecule has 1 aromatic heterocycles. The van der Waals surface area contributed by atoms with Gasteiger partial charge in [0.1, 0.15) is 15.8 Å². The lowest BCUT2D eigenvalue weighted by molar-refractivity contribution is -0.127. The highest BCUT2D eigenvalue weighted by atomic mass is 32.1. The van der Waals surface area contributed by atoms with Crippen LogP contribution in [0.15, 0.2) is 36.4 Å². The standard InChI is InChI=1S/C25H27N5O2S/c1-15(2)32-22-12-9-16(13-21(22)26-3)24-28-29-25(33-24)19-8-6-7-18-17(19)10-11-20(18)27-14-23(31)30(4)5/h6-9,12-13,15,20,27H,10-11,14H2,1-2,4-5H3/t20-/m0/s1. The number of ether oxygens (including phenoxy) is 1. The number of benzene rings is 2. The molecule has 1 amide bonds. The Morgan fingerprint density at radius 1 is 1.27 bits per heavy atom. The van der Waals surface area contributed by atoms with Gasteiger partial charge in [-0.15, -0.1) is 10.2 Å². The summed E-state index contributed by atoms with van der Waals surface area (Å²) in [5.41, 5.74) is 4.90. The monoisotopic (exact) mass is 461 g/mol. The molecule has 33 heavy (non-hydrogen) atoms. The SMILES string of the molecule is [C-]#[N+]c1cc(-c2nnc(-c3cccc4c3CC[C@@H]4NCC(=O)N(C)C)s2)ccc1OC(C)C. The van der Waals surface area contributed by atoms with E-state index in [0.29, 0.717) is 18.0 Å². The number of fused-ring (bicyclic) bond motifs is 1. The molecule has 0 saturated heterocycles. The van der Waals surface area contributed by atoms with Crippen LogP contribution in [0.5, 0.6) is 5.75 Å². The second kappa shape index (κ2) is 9.69. The minimum atomic E-state index is 0.00368. The van der Waals surface area contributed by atoms with Crippen molar-refractivity contribution in [2.75, 3.05) is 20.6 Å². The lowest BCUT2D eigenvalue weighted by Gasteiger charge is -2.16. The quantitative estimate of drug-likeness (QED) is 0.508. The molecule has 1 atom stereocenters. The maximum absolute atomic E-state index is 12.0. The van der Waals surface area contributed by atoms with E-state index in [1.807, 2.05) is 38.1 Å². The number of amides is 1. The summed E-state index contributed by atoms with van der Waals surface area (Å²) in [6.45, 7) is 11.7. The predicted molar refractivity (Wildman–Crippen MR) is 131 cm³/mol. The van der Waals surface area contributed by atoms with Crippen molar-refractivity contribution >= 4 is 22.9 Å². The van der Waals surface area contributed by atoms with Crippen LogP contribution in [-0.4, -0.2) is 47.7 Å². The van der Waals surface area contributed by atoms with Crippen LogP contribution in [-0.2, 0) is 11.2 Å². The number of carbonyl (C=O) groups excluding carboxylic acids is 1. The number of nitrogens with one attached hydrogen (secondary N) is 1. The molecule has 0 aliphatic heterocycles. The zero-order valence-electron chi connectivity index (χ0n) is 19.3. The Morgan fingerprint density at radius 2 is 2.06 bits per heavy atom. The normalized spacial score (nSPS) is 14.7. The number of aromatic nitrogens is 2. The molecule has 0 radical (unpaired) electrons. The minimum absolute atomic E-state index is 0.00368. The molecule has 1 aliphatic carbocycles. The van der Waals surface area contributed by atoms with E-state index < -0.39 is 0 Å². The summed E-state index contributed by atoms with van der Waals surface area (Å²) in [5, 5.41) is 13.9. The van der Waals surface area contributed by atoms with Gasteiger partial charge >= 0.3 is 0 Å². The van der Waals surface area contributed by atoms with Gasteiger partial charge in [-0.2, -0.15) is 0 Å². The van der Waals surface area contributed by atoms with Crippen molar-refractivity contribution in [2.45, 2.75) is 38.8 Å². The van der Waals surface area contributed by atoms with Gasteiger partial charge < -0.3 is 15.0 Å². The summed E-state index contributed by atoms with van der Waals surface area (Å²) in [6, 6.07) is 12.0. The fraction of sp³-hybridized carbons (Fsp3) is 0.360. The van der Waals surface area contributed by atoms with E-state index in [-0.39, 0.29) is 18.1 Å². The maximum Gasteiger partial charge on any atom is 0.236 e. The van der Waals surface area contributed by atoms with Gasteiger partial charge in [0, 0.05) is 31.3 Å². The van der Waals surface area contributed by atoms with Gasteiger partial charge in [0.2, 0.25) is 11.6 Å². The van der Waals surface area contributed by atoms with E-state index >= 15 is 0 Å². The average Bonchev–Trinajstić information content (AvgIpc) is 3.44. The Labute approximate surface area is 198 Å². The first-order chi connectivity index (χ1) is 15.9. The molecule has 1 heterocycles. The molecule has 0 fully saturated rings. The Kier molecular flexibility index (Phi) is 6.72. The molecule has 3 aromatic rings. The molecule has 170 valence electrons. The third kappa shape index (κ3) is 4.90. The average molecular weight is 462 g/mol. The van der Waals surface area contributed by atoms with E-state index in [0.717, 1.165) is 34.0 Å². The van der Waals surface area contributed by atoms with Crippen molar-refractivity contribution in [1.29, 1.82) is 0 Å². The summed E-state index contributed by atoms with van der Waals surface area (Å²) >= 11 is 1.52. The fourth-order valence-electron chi connectivity index (χ4n) is 3.98. The van der Waals surface area contributed by atoms with Crippen molar-refractivity contribution in [1.82, 2.24) is 20.4 Å². The van der Waals surface area contributed by atoms with Crippen molar-refractivity contribution in [3.8, 4) is 26.9 Å². The van der Waals surface area contributed by atoms with E-state index in [2.05, 4.69) is 32.5 Å². The molecule has 0 unspecified atom stereocenters. The highest BCUT2D eigenvalue weighted by molar-refractivity contribution is 7.17. The topological polar surface area (TPSA) is 71.7 Å². The van der Waals surface area contributed by atoms with E-state index in [1.165, 1.54) is 22.5 Å². The molecule has 1 N–H and O–H groups in total. The number of hydrogen-bond acceptors (Lipinski definition) is 6. The molecule has 7 nitrogen and oxygen atoms in total. The van der Waals surface area contributed by atoms with Crippen molar-refractivity contribution in [2.24, 2.45) is 0 Å². The first-order valence-electron chi connectivity index (χ1n) is 10.9. The molecule has 4 rings (SSSR count). The Morgan fingerprint density at radius 3 is 2.79 bits per heavy atom. The van der Waals surface area contributed by atoms with Crippen LogP contribution in [0.1, 0.15) is 37.4 Å². The lowest BCUT2D eigenvalue weighted by Crippen LogP contribution is -2.34. The number of likely N-dealkylation sites (N-methyl/N-ethyl adjacent to an activating group) is 1. The smallest absolute Gasteiger partial charge is 0.236 e. The van der Waals surface area contributed by atoms with Crippen LogP contribution in [0.3, 0.4) is 0 Å². The molecular weight excluding hydrogens is 434 g/mol. The maximum atomic E-state index is 12.0. The molecule has 8 heteroatoms. The van der Waals surface area contributed by atoms with E-state index in [4.69, 9.17) is 11.3 Å². The zero-order valence-corrected chi connectivity index (χ0v) is 20.1. The second-order valence-corrected chi connectivity index (χ2v) is 9.48. The van der Waals surface area contributed by atoms with Crippen LogP contribution in [0, 0.1) is 6.57 Å². The highest BCUT2D eigenvalue weighted by Crippen LogP contribution is 2.41. The van der Waals surface area contributed by atoms with Crippen LogP contribution >= 0.6 is 11.3 Å². The summed E-state index contributed by atoms with van der Waals surface area (Å²) in [5.74, 6) is 0.651. The van der Waals surface area contributed by atoms with Crippen molar-refractivity contribution < 1.29 is 9.53 Å². The number of rotatable bonds is 7. The summed E-state index contributed by atoms with van der Waals surface area (Å²) in [6.07, 6.45) is 1.88. The van der Waals surface area contributed by atoms with Gasteiger partial charge in [0.15, 0.2) is 0 Å². The van der Waals surface area contributed by atoms with Crippen molar-refractivity contribution in [3.05, 3.63) is 58.9 Å². The van der Waals surface area contributed by atoms with Crippen LogP contribution in [0.2, 0.25) is 0 Å². The van der Waals surface area contributed by atoms with Crippen LogP contribution in [0.25, 0.3) is 26.0 Å². The summed E-state index contributed by atoms with van der Waals surface area (Å²) < 4.78 is 5.73. The summed E-state index contributed by atoms with van der Waals surface area (Å²) in [7, 11) is 3.54. The lowest BCUT2D eigenvalue weighted by atomic mass is 10.0. The van der Waals surface area contributed by atoms with Gasteiger partial charge in [-0.3, -0.25) is 4.79 Å². The second-order valence-electron chi connectivity index (χ2n) is 8.51. The predicted octanol–water partition coefficient (Wildman–Crippen LogP) is 4.88.